The first-order valence-corrected chi connectivity index (χ1v) is 8.59. The fourth-order valence-electron chi connectivity index (χ4n) is 3.01. The van der Waals surface area contributed by atoms with Crippen molar-refractivity contribution in [3.63, 3.8) is 0 Å². The van der Waals surface area contributed by atoms with Gasteiger partial charge in [-0.25, -0.2) is 4.98 Å². The fourth-order valence-corrected chi connectivity index (χ4v) is 3.01. The Labute approximate surface area is 143 Å². The normalized spacial score (nSPS) is 12.5. The summed E-state index contributed by atoms with van der Waals surface area (Å²) < 4.78 is 8.11. The zero-order chi connectivity index (χ0) is 16.9. The highest BCUT2D eigenvalue weighted by molar-refractivity contribution is 5.76. The van der Waals surface area contributed by atoms with E-state index in [-0.39, 0.29) is 6.04 Å². The molecule has 24 heavy (non-hydrogen) atoms. The van der Waals surface area contributed by atoms with Crippen molar-refractivity contribution in [2.24, 2.45) is 5.73 Å². The number of fused-ring (bicyclic) bond motifs is 1. The van der Waals surface area contributed by atoms with Crippen LogP contribution >= 0.6 is 0 Å². The number of hydrogen-bond acceptors (Lipinski definition) is 3. The first-order valence-electron chi connectivity index (χ1n) is 8.59. The van der Waals surface area contributed by atoms with E-state index >= 15 is 0 Å². The lowest BCUT2D eigenvalue weighted by atomic mass is 10.2. The lowest BCUT2D eigenvalue weighted by molar-refractivity contribution is 0.296. The highest BCUT2D eigenvalue weighted by Gasteiger charge is 2.16. The number of aryl methyl sites for hydroxylation is 1. The van der Waals surface area contributed by atoms with Crippen LogP contribution in [0.2, 0.25) is 0 Å². The molecule has 3 rings (SSSR count). The number of nitrogens with two attached hydrogens (primary N) is 1. The molecule has 2 aromatic carbocycles. The first kappa shape index (κ1) is 16.5. The Kier molecular flexibility index (Phi) is 5.16. The van der Waals surface area contributed by atoms with E-state index in [1.54, 1.807) is 0 Å². The second-order valence-corrected chi connectivity index (χ2v) is 6.17. The monoisotopic (exact) mass is 323 g/mol. The number of ether oxygens (including phenoxy) is 1. The highest BCUT2D eigenvalue weighted by Crippen LogP contribution is 2.22. The number of imidazole rings is 1. The van der Waals surface area contributed by atoms with E-state index in [2.05, 4.69) is 36.6 Å². The van der Waals surface area contributed by atoms with Crippen molar-refractivity contribution in [1.29, 1.82) is 0 Å². The van der Waals surface area contributed by atoms with Crippen LogP contribution in [0.1, 0.15) is 37.2 Å². The maximum absolute atomic E-state index is 6.35. The molecule has 0 bridgehead atoms. The first-order chi connectivity index (χ1) is 11.7. The van der Waals surface area contributed by atoms with Crippen molar-refractivity contribution in [2.45, 2.75) is 39.3 Å². The minimum Gasteiger partial charge on any atom is -0.492 e. The Morgan fingerprint density at radius 3 is 2.79 bits per heavy atom. The minimum absolute atomic E-state index is 0.0404. The summed E-state index contributed by atoms with van der Waals surface area (Å²) in [7, 11) is 0. The van der Waals surface area contributed by atoms with Crippen molar-refractivity contribution >= 4 is 11.0 Å². The van der Waals surface area contributed by atoms with Crippen LogP contribution < -0.4 is 10.5 Å². The standard InChI is InChI=1S/C20H25N3O/c1-3-7-17(21)20-22-18-10-4-5-11-19(18)23(20)12-13-24-16-9-6-8-15(2)14-16/h4-6,8-11,14,17H,3,7,12-13,21H2,1-2H3. The molecule has 2 N–H and O–H groups in total. The van der Waals surface area contributed by atoms with Crippen LogP contribution in [0.25, 0.3) is 11.0 Å². The van der Waals surface area contributed by atoms with Gasteiger partial charge in [-0.3, -0.25) is 0 Å². The summed E-state index contributed by atoms with van der Waals surface area (Å²) in [5.74, 6) is 1.85. The summed E-state index contributed by atoms with van der Waals surface area (Å²) in [5, 5.41) is 0. The van der Waals surface area contributed by atoms with E-state index in [9.17, 15) is 0 Å². The lowest BCUT2D eigenvalue weighted by Gasteiger charge is -2.15. The molecule has 1 heterocycles. The molecule has 0 aliphatic rings. The number of benzene rings is 2. The van der Waals surface area contributed by atoms with Gasteiger partial charge in [-0.15, -0.1) is 0 Å². The van der Waals surface area contributed by atoms with Gasteiger partial charge < -0.3 is 15.0 Å². The van der Waals surface area contributed by atoms with Crippen LogP contribution in [-0.2, 0) is 6.54 Å². The van der Waals surface area contributed by atoms with E-state index < -0.39 is 0 Å². The van der Waals surface area contributed by atoms with Gasteiger partial charge in [0.1, 0.15) is 18.2 Å². The molecule has 4 heteroatoms. The van der Waals surface area contributed by atoms with Crippen molar-refractivity contribution in [3.8, 4) is 5.75 Å². The molecule has 0 radical (unpaired) electrons. The third kappa shape index (κ3) is 3.60. The van der Waals surface area contributed by atoms with Crippen molar-refractivity contribution < 1.29 is 4.74 Å². The van der Waals surface area contributed by atoms with Crippen LogP contribution in [0.3, 0.4) is 0 Å². The maximum atomic E-state index is 6.35. The van der Waals surface area contributed by atoms with Crippen LogP contribution in [0.5, 0.6) is 5.75 Å². The Balaban J connectivity index is 1.80. The zero-order valence-corrected chi connectivity index (χ0v) is 14.4. The van der Waals surface area contributed by atoms with Gasteiger partial charge in [-0.2, -0.15) is 0 Å². The van der Waals surface area contributed by atoms with E-state index in [0.717, 1.165) is 42.0 Å². The van der Waals surface area contributed by atoms with Crippen LogP contribution in [0.4, 0.5) is 0 Å². The molecule has 4 nitrogen and oxygen atoms in total. The SMILES string of the molecule is CCCC(N)c1nc2ccccc2n1CCOc1cccc(C)c1. The van der Waals surface area contributed by atoms with Gasteiger partial charge in [0.05, 0.1) is 23.6 Å². The number of rotatable bonds is 7. The maximum Gasteiger partial charge on any atom is 0.126 e. The summed E-state index contributed by atoms with van der Waals surface area (Å²) in [5.41, 5.74) is 9.66. The fraction of sp³-hybridized carbons (Fsp3) is 0.350. The Morgan fingerprint density at radius 2 is 2.00 bits per heavy atom. The van der Waals surface area contributed by atoms with Crippen LogP contribution in [0.15, 0.2) is 48.5 Å². The summed E-state index contributed by atoms with van der Waals surface area (Å²) >= 11 is 0. The molecule has 0 amide bonds. The lowest BCUT2D eigenvalue weighted by Crippen LogP contribution is -2.19. The molecule has 0 saturated heterocycles. The molecule has 1 unspecified atom stereocenters. The van der Waals surface area contributed by atoms with Crippen LogP contribution in [0, 0.1) is 6.92 Å². The molecule has 0 spiro atoms. The van der Waals surface area contributed by atoms with Crippen molar-refractivity contribution in [1.82, 2.24) is 9.55 Å². The zero-order valence-electron chi connectivity index (χ0n) is 14.4. The Bertz CT molecular complexity index is 810. The second kappa shape index (κ2) is 7.49. The summed E-state index contributed by atoms with van der Waals surface area (Å²) in [6, 6.07) is 16.3. The van der Waals surface area contributed by atoms with Gasteiger partial charge in [0.25, 0.3) is 0 Å². The van der Waals surface area contributed by atoms with Gasteiger partial charge in [0.2, 0.25) is 0 Å². The average Bonchev–Trinajstić information content (AvgIpc) is 2.94. The number of aromatic nitrogens is 2. The van der Waals surface area contributed by atoms with Gasteiger partial charge >= 0.3 is 0 Å². The minimum atomic E-state index is -0.0404. The van der Waals surface area contributed by atoms with Crippen molar-refractivity contribution in [3.05, 3.63) is 59.9 Å². The molecule has 1 atom stereocenters. The third-order valence-electron chi connectivity index (χ3n) is 4.19. The predicted molar refractivity (Wildman–Crippen MR) is 98.2 cm³/mol. The van der Waals surface area contributed by atoms with Gasteiger partial charge in [0, 0.05) is 0 Å². The quantitative estimate of drug-likeness (QED) is 0.708. The molecule has 0 aliphatic heterocycles. The van der Waals surface area contributed by atoms with E-state index in [1.807, 2.05) is 30.3 Å². The largest absolute Gasteiger partial charge is 0.492 e. The third-order valence-corrected chi connectivity index (χ3v) is 4.19. The highest BCUT2D eigenvalue weighted by atomic mass is 16.5. The number of hydrogen-bond donors (Lipinski definition) is 1. The van der Waals surface area contributed by atoms with Crippen LogP contribution in [-0.4, -0.2) is 16.2 Å². The van der Waals surface area contributed by atoms with Gasteiger partial charge in [-0.1, -0.05) is 37.6 Å². The second-order valence-electron chi connectivity index (χ2n) is 6.17. The topological polar surface area (TPSA) is 53.1 Å². The molecule has 0 fully saturated rings. The van der Waals surface area contributed by atoms with E-state index in [4.69, 9.17) is 15.5 Å². The molecular formula is C20H25N3O. The van der Waals surface area contributed by atoms with Gasteiger partial charge in [-0.05, 0) is 43.2 Å². The Hall–Kier alpha value is -2.33. The predicted octanol–water partition coefficient (Wildman–Crippen LogP) is 4.22. The summed E-state index contributed by atoms with van der Waals surface area (Å²) in [6.07, 6.45) is 1.98. The number of nitrogens with zero attached hydrogens (tertiary/aromatic N) is 2. The smallest absolute Gasteiger partial charge is 0.126 e. The van der Waals surface area contributed by atoms with Crippen molar-refractivity contribution in [2.75, 3.05) is 6.61 Å². The average molecular weight is 323 g/mol. The molecule has 0 aliphatic carbocycles. The molecule has 0 saturated carbocycles. The van der Waals surface area contributed by atoms with E-state index in [1.165, 1.54) is 5.56 Å². The molecule has 3 aromatic rings. The Morgan fingerprint density at radius 1 is 1.17 bits per heavy atom. The molecular weight excluding hydrogens is 298 g/mol. The van der Waals surface area contributed by atoms with Gasteiger partial charge in [0.15, 0.2) is 0 Å². The van der Waals surface area contributed by atoms with E-state index in [0.29, 0.717) is 6.61 Å². The summed E-state index contributed by atoms with van der Waals surface area (Å²) in [6.45, 7) is 5.54. The molecule has 1 aromatic heterocycles. The summed E-state index contributed by atoms with van der Waals surface area (Å²) in [4.78, 5) is 4.75. The molecule has 126 valence electrons. The number of para-hydroxylation sites is 2.